The average Bonchev–Trinajstić information content (AvgIpc) is 3.17. The molecule has 172 valence electrons. The van der Waals surface area contributed by atoms with Gasteiger partial charge in [0.15, 0.2) is 0 Å². The highest BCUT2D eigenvalue weighted by molar-refractivity contribution is 6.07. The molecule has 1 amide bonds. The Bertz CT molecular complexity index is 1230. The first-order chi connectivity index (χ1) is 15.7. The molecular weight excluding hydrogens is 442 g/mol. The maximum atomic E-state index is 13.7. The third-order valence-electron chi connectivity index (χ3n) is 5.11. The van der Waals surface area contributed by atoms with Crippen LogP contribution in [0, 0.1) is 0 Å². The topological polar surface area (TPSA) is 74.7 Å². The van der Waals surface area contributed by atoms with Gasteiger partial charge in [-0.2, -0.15) is 0 Å². The fraction of sp³-hybridized carbons (Fsp3) is 0.217. The zero-order chi connectivity index (χ0) is 23.8. The van der Waals surface area contributed by atoms with Crippen molar-refractivity contribution in [3.63, 3.8) is 0 Å². The highest BCUT2D eigenvalue weighted by Crippen LogP contribution is 2.34. The van der Waals surface area contributed by atoms with Crippen LogP contribution in [0.4, 0.5) is 17.6 Å². The highest BCUT2D eigenvalue weighted by atomic mass is 19.3. The smallest absolute Gasteiger partial charge is 0.291 e. The van der Waals surface area contributed by atoms with E-state index in [0.29, 0.717) is 34.5 Å². The number of hydrazine groups is 1. The Morgan fingerprint density at radius 2 is 1.91 bits per heavy atom. The summed E-state index contributed by atoms with van der Waals surface area (Å²) in [5, 5.41) is 10.8. The predicted molar refractivity (Wildman–Crippen MR) is 113 cm³/mol. The van der Waals surface area contributed by atoms with Crippen molar-refractivity contribution in [2.75, 3.05) is 6.61 Å². The summed E-state index contributed by atoms with van der Waals surface area (Å²) in [6, 6.07) is 14.8. The summed E-state index contributed by atoms with van der Waals surface area (Å²) in [5.74, 6) is -0.553. The molecule has 6 nitrogen and oxygen atoms in total. The molecule has 2 heterocycles. The van der Waals surface area contributed by atoms with Crippen LogP contribution in [0.1, 0.15) is 17.3 Å². The summed E-state index contributed by atoms with van der Waals surface area (Å²) in [5.41, 5.74) is -1.11. The second-order valence-electron chi connectivity index (χ2n) is 7.27. The van der Waals surface area contributed by atoms with Crippen LogP contribution in [0.3, 0.4) is 0 Å². The lowest BCUT2D eigenvalue weighted by atomic mass is 10.0. The quantitative estimate of drug-likeness (QED) is 0.534. The van der Waals surface area contributed by atoms with E-state index in [1.807, 2.05) is 12.3 Å². The van der Waals surface area contributed by atoms with Crippen LogP contribution < -0.4 is 10.2 Å². The minimum Gasteiger partial charge on any atom is -0.494 e. The standard InChI is InChI=1S/C23H19F4N3O3/c1-2-33-14-7-5-6-13(10-14)18-11-16(15-8-3-4-9-17(15)28-18)21(31)30-23(32,22(26)27)12-19(29-30)20(24)25/h3-12,20,22,29,32H,2H2,1H3. The third kappa shape index (κ3) is 4.09. The van der Waals surface area contributed by atoms with Crippen molar-refractivity contribution >= 4 is 16.8 Å². The number of carbonyl (C=O) groups is 1. The number of aromatic nitrogens is 1. The molecule has 4 rings (SSSR count). The molecule has 2 aromatic carbocycles. The largest absolute Gasteiger partial charge is 0.494 e. The number of hydrogen-bond acceptors (Lipinski definition) is 5. The number of ether oxygens (including phenoxy) is 1. The number of fused-ring (bicyclic) bond motifs is 1. The molecular formula is C23H19F4N3O3. The molecule has 0 saturated carbocycles. The van der Waals surface area contributed by atoms with Crippen molar-refractivity contribution in [2.45, 2.75) is 25.5 Å². The molecule has 33 heavy (non-hydrogen) atoms. The number of alkyl halides is 4. The number of rotatable bonds is 6. The summed E-state index contributed by atoms with van der Waals surface area (Å²) in [7, 11) is 0. The van der Waals surface area contributed by atoms with Gasteiger partial charge >= 0.3 is 0 Å². The number of amides is 1. The van der Waals surface area contributed by atoms with E-state index < -0.39 is 30.2 Å². The predicted octanol–water partition coefficient (Wildman–Crippen LogP) is 4.36. The normalized spacial score (nSPS) is 18.1. The number of allylic oxidation sites excluding steroid dienone is 1. The van der Waals surface area contributed by atoms with Gasteiger partial charge in [0.25, 0.3) is 18.8 Å². The lowest BCUT2D eigenvalue weighted by Gasteiger charge is -2.32. The van der Waals surface area contributed by atoms with Crippen LogP contribution in [-0.4, -0.2) is 46.2 Å². The molecule has 10 heteroatoms. The minimum absolute atomic E-state index is 0.104. The molecule has 2 N–H and O–H groups in total. The van der Waals surface area contributed by atoms with E-state index in [1.165, 1.54) is 6.07 Å². The van der Waals surface area contributed by atoms with Gasteiger partial charge in [-0.05, 0) is 31.2 Å². The molecule has 3 aromatic rings. The molecule has 1 unspecified atom stereocenters. The van der Waals surface area contributed by atoms with Gasteiger partial charge in [0.05, 0.1) is 29.1 Å². The Morgan fingerprint density at radius 3 is 2.61 bits per heavy atom. The zero-order valence-electron chi connectivity index (χ0n) is 17.3. The van der Waals surface area contributed by atoms with Crippen LogP contribution in [0.2, 0.25) is 0 Å². The molecule has 0 radical (unpaired) electrons. The number of carbonyl (C=O) groups excluding carboxylic acids is 1. The van der Waals surface area contributed by atoms with Crippen LogP contribution in [0.5, 0.6) is 5.75 Å². The van der Waals surface area contributed by atoms with Crippen LogP contribution in [0.25, 0.3) is 22.2 Å². The van der Waals surface area contributed by atoms with Crippen molar-refractivity contribution < 1.29 is 32.2 Å². The first-order valence-electron chi connectivity index (χ1n) is 10.00. The minimum atomic E-state index is -3.54. The van der Waals surface area contributed by atoms with Gasteiger partial charge in [0, 0.05) is 17.0 Å². The van der Waals surface area contributed by atoms with Gasteiger partial charge in [0.1, 0.15) is 5.75 Å². The Hall–Kier alpha value is -3.66. The number of para-hydroxylation sites is 1. The van der Waals surface area contributed by atoms with E-state index in [0.717, 1.165) is 0 Å². The molecule has 0 fully saturated rings. The number of nitrogens with one attached hydrogen (secondary N) is 1. The van der Waals surface area contributed by atoms with Crippen molar-refractivity contribution in [3.8, 4) is 17.0 Å². The summed E-state index contributed by atoms with van der Waals surface area (Å²) < 4.78 is 59.2. The van der Waals surface area contributed by atoms with E-state index in [4.69, 9.17) is 4.74 Å². The number of benzene rings is 2. The maximum absolute atomic E-state index is 13.7. The lowest BCUT2D eigenvalue weighted by Crippen LogP contribution is -2.56. The second kappa shape index (κ2) is 8.70. The summed E-state index contributed by atoms with van der Waals surface area (Å²) >= 11 is 0. The van der Waals surface area contributed by atoms with Gasteiger partial charge in [-0.25, -0.2) is 27.6 Å². The Kier molecular flexibility index (Phi) is 5.94. The molecule has 1 aromatic heterocycles. The lowest BCUT2D eigenvalue weighted by molar-refractivity contribution is -0.146. The Balaban J connectivity index is 1.84. The molecule has 1 aliphatic rings. The highest BCUT2D eigenvalue weighted by Gasteiger charge is 2.51. The van der Waals surface area contributed by atoms with Gasteiger partial charge in [-0.1, -0.05) is 30.3 Å². The van der Waals surface area contributed by atoms with Gasteiger partial charge in [-0.3, -0.25) is 10.2 Å². The maximum Gasteiger partial charge on any atom is 0.291 e. The molecule has 0 aliphatic carbocycles. The van der Waals surface area contributed by atoms with Crippen molar-refractivity contribution in [1.29, 1.82) is 0 Å². The van der Waals surface area contributed by atoms with Crippen LogP contribution in [-0.2, 0) is 0 Å². The van der Waals surface area contributed by atoms with E-state index in [-0.39, 0.29) is 16.6 Å². The fourth-order valence-corrected chi connectivity index (χ4v) is 3.56. The van der Waals surface area contributed by atoms with E-state index in [1.54, 1.807) is 48.5 Å². The first kappa shape index (κ1) is 22.5. The molecule has 0 spiro atoms. The average molecular weight is 461 g/mol. The van der Waals surface area contributed by atoms with Crippen molar-refractivity contribution in [2.24, 2.45) is 0 Å². The van der Waals surface area contributed by atoms with Gasteiger partial charge in [0.2, 0.25) is 5.72 Å². The van der Waals surface area contributed by atoms with Gasteiger partial charge in [-0.15, -0.1) is 0 Å². The Labute approximate surface area is 186 Å². The molecule has 1 aliphatic heterocycles. The van der Waals surface area contributed by atoms with E-state index in [9.17, 15) is 27.5 Å². The van der Waals surface area contributed by atoms with Crippen LogP contribution >= 0.6 is 0 Å². The van der Waals surface area contributed by atoms with Crippen molar-refractivity contribution in [1.82, 2.24) is 15.4 Å². The number of hydrogen-bond donors (Lipinski definition) is 2. The molecule has 1 atom stereocenters. The summed E-state index contributed by atoms with van der Waals surface area (Å²) in [6.45, 7) is 2.26. The number of pyridine rings is 1. The van der Waals surface area contributed by atoms with Crippen LogP contribution in [0.15, 0.2) is 66.4 Å². The SMILES string of the molecule is CCOc1cccc(-c2cc(C(=O)N3NC(C(F)F)=CC3(O)C(F)F)c3ccccc3n2)c1. The number of nitrogens with zero attached hydrogens (tertiary/aromatic N) is 2. The summed E-state index contributed by atoms with van der Waals surface area (Å²) in [6.07, 6.45) is -6.48. The zero-order valence-corrected chi connectivity index (χ0v) is 17.3. The third-order valence-corrected chi connectivity index (χ3v) is 5.11. The fourth-order valence-electron chi connectivity index (χ4n) is 3.56. The van der Waals surface area contributed by atoms with E-state index >= 15 is 0 Å². The first-order valence-corrected chi connectivity index (χ1v) is 10.00. The molecule has 0 saturated heterocycles. The Morgan fingerprint density at radius 1 is 1.15 bits per heavy atom. The summed E-state index contributed by atoms with van der Waals surface area (Å²) in [4.78, 5) is 17.9. The number of halogens is 4. The molecule has 0 bridgehead atoms. The second-order valence-corrected chi connectivity index (χ2v) is 7.27. The van der Waals surface area contributed by atoms with E-state index in [2.05, 4.69) is 4.98 Å². The monoisotopic (exact) mass is 461 g/mol. The van der Waals surface area contributed by atoms with Gasteiger partial charge < -0.3 is 9.84 Å². The number of aliphatic hydroxyl groups is 1. The van der Waals surface area contributed by atoms with Crippen molar-refractivity contribution in [3.05, 3.63) is 71.9 Å².